The Bertz CT molecular complexity index is 251. The summed E-state index contributed by atoms with van der Waals surface area (Å²) in [5.41, 5.74) is 0. The molecule has 6 nitrogen and oxygen atoms in total. The topological polar surface area (TPSA) is 92.7 Å². The molecule has 0 aromatic carbocycles. The van der Waals surface area contributed by atoms with Crippen molar-refractivity contribution in [2.75, 3.05) is 13.2 Å². The number of carboxylic acids is 1. The van der Waals surface area contributed by atoms with E-state index in [0.29, 0.717) is 0 Å². The molecule has 15 heavy (non-hydrogen) atoms. The maximum absolute atomic E-state index is 11.1. The number of carboxylic acid groups (broad SMARTS) is 1. The third-order valence-corrected chi connectivity index (χ3v) is 1.70. The van der Waals surface area contributed by atoms with E-state index in [4.69, 9.17) is 5.11 Å². The molecule has 0 rings (SSSR count). The number of nitrogens with one attached hydrogen (secondary N) is 1. The Balaban J connectivity index is 3.73. The second kappa shape index (κ2) is 6.80. The van der Waals surface area contributed by atoms with Crippen LogP contribution in [-0.2, 0) is 19.1 Å². The molecule has 0 bridgehead atoms. The summed E-state index contributed by atoms with van der Waals surface area (Å²) in [6, 6.07) is 0. The van der Waals surface area contributed by atoms with Gasteiger partial charge in [-0.15, -0.1) is 0 Å². The number of ether oxygens (including phenoxy) is 1. The second-order valence-corrected chi connectivity index (χ2v) is 2.91. The highest BCUT2D eigenvalue weighted by Gasteiger charge is 2.19. The lowest BCUT2D eigenvalue weighted by molar-refractivity contribution is -0.146. The molecule has 1 atom stereocenters. The van der Waals surface area contributed by atoms with E-state index in [1.165, 1.54) is 6.92 Å². The molecule has 0 saturated carbocycles. The van der Waals surface area contributed by atoms with Crippen LogP contribution in [0, 0.1) is 5.92 Å². The van der Waals surface area contributed by atoms with Crippen molar-refractivity contribution in [3.63, 3.8) is 0 Å². The lowest BCUT2D eigenvalue weighted by atomic mass is 10.2. The van der Waals surface area contributed by atoms with Crippen LogP contribution in [-0.4, -0.2) is 36.1 Å². The summed E-state index contributed by atoms with van der Waals surface area (Å²) in [4.78, 5) is 32.3. The first-order chi connectivity index (χ1) is 6.99. The number of amides is 1. The molecule has 6 heteroatoms. The van der Waals surface area contributed by atoms with Gasteiger partial charge in [0.1, 0.15) is 5.92 Å². The Morgan fingerprint density at radius 3 is 2.47 bits per heavy atom. The van der Waals surface area contributed by atoms with Gasteiger partial charge in [0, 0.05) is 6.54 Å². The van der Waals surface area contributed by atoms with Crippen molar-refractivity contribution >= 4 is 17.8 Å². The number of carbonyl (C=O) groups is 3. The van der Waals surface area contributed by atoms with Gasteiger partial charge < -0.3 is 15.2 Å². The van der Waals surface area contributed by atoms with Crippen LogP contribution in [0.15, 0.2) is 0 Å². The van der Waals surface area contributed by atoms with Crippen LogP contribution >= 0.6 is 0 Å². The Labute approximate surface area is 87.6 Å². The summed E-state index contributed by atoms with van der Waals surface area (Å²) in [6.45, 7) is 3.35. The first kappa shape index (κ1) is 13.4. The number of hydrogen-bond donors (Lipinski definition) is 2. The van der Waals surface area contributed by atoms with Gasteiger partial charge in [-0.05, 0) is 13.8 Å². The fraction of sp³-hybridized carbons (Fsp3) is 0.667. The lowest BCUT2D eigenvalue weighted by Gasteiger charge is -2.07. The first-order valence-corrected chi connectivity index (χ1v) is 4.65. The van der Waals surface area contributed by atoms with Crippen LogP contribution in [0.25, 0.3) is 0 Å². The highest BCUT2D eigenvalue weighted by molar-refractivity contribution is 5.96. The third-order valence-electron chi connectivity index (χ3n) is 1.70. The summed E-state index contributed by atoms with van der Waals surface area (Å²) in [5.74, 6) is -3.32. The Morgan fingerprint density at radius 1 is 1.40 bits per heavy atom. The molecule has 0 aliphatic heterocycles. The zero-order chi connectivity index (χ0) is 11.8. The normalized spacial score (nSPS) is 11.6. The molecule has 2 N–H and O–H groups in total. The van der Waals surface area contributed by atoms with Gasteiger partial charge in [0.25, 0.3) is 0 Å². The fourth-order valence-corrected chi connectivity index (χ4v) is 0.786. The molecule has 0 fully saturated rings. The minimum atomic E-state index is -1.19. The molecule has 0 heterocycles. The average molecular weight is 217 g/mol. The van der Waals surface area contributed by atoms with Gasteiger partial charge in [-0.3, -0.25) is 14.4 Å². The predicted octanol–water partition coefficient (Wildman–Crippen LogP) is -0.223. The standard InChI is InChI=1S/C9H15NO5/c1-3-15-7(11)4-5-10-8(12)6(2)9(13)14/h6H,3-5H2,1-2H3,(H,10,12)(H,13,14). The largest absolute Gasteiger partial charge is 0.481 e. The third kappa shape index (κ3) is 5.66. The Kier molecular flexibility index (Phi) is 6.08. The second-order valence-electron chi connectivity index (χ2n) is 2.91. The predicted molar refractivity (Wildman–Crippen MR) is 51.1 cm³/mol. The van der Waals surface area contributed by atoms with Crippen LogP contribution in [0.3, 0.4) is 0 Å². The number of carbonyl (C=O) groups excluding carboxylic acids is 2. The van der Waals surface area contributed by atoms with Crippen LogP contribution < -0.4 is 5.32 Å². The molecule has 0 spiro atoms. The van der Waals surface area contributed by atoms with Crippen molar-refractivity contribution in [1.82, 2.24) is 5.32 Å². The van der Waals surface area contributed by atoms with Crippen molar-refractivity contribution in [2.24, 2.45) is 5.92 Å². The molecule has 0 aromatic rings. The number of hydrogen-bond acceptors (Lipinski definition) is 4. The van der Waals surface area contributed by atoms with Crippen molar-refractivity contribution in [1.29, 1.82) is 0 Å². The van der Waals surface area contributed by atoms with E-state index in [1.807, 2.05) is 0 Å². The van der Waals surface area contributed by atoms with Crippen molar-refractivity contribution in [3.05, 3.63) is 0 Å². The summed E-state index contributed by atoms with van der Waals surface area (Å²) >= 11 is 0. The van der Waals surface area contributed by atoms with Crippen LogP contribution in [0.2, 0.25) is 0 Å². The fourth-order valence-electron chi connectivity index (χ4n) is 0.786. The molecule has 0 saturated heterocycles. The lowest BCUT2D eigenvalue weighted by Crippen LogP contribution is -2.34. The van der Waals surface area contributed by atoms with E-state index in [0.717, 1.165) is 0 Å². The van der Waals surface area contributed by atoms with E-state index < -0.39 is 23.8 Å². The van der Waals surface area contributed by atoms with E-state index in [-0.39, 0.29) is 19.6 Å². The van der Waals surface area contributed by atoms with Gasteiger partial charge in [0.2, 0.25) is 5.91 Å². The molecule has 0 aliphatic carbocycles. The molecule has 0 aromatic heterocycles. The number of rotatable bonds is 6. The monoisotopic (exact) mass is 217 g/mol. The Hall–Kier alpha value is -1.59. The van der Waals surface area contributed by atoms with Gasteiger partial charge in [0.05, 0.1) is 13.0 Å². The molecule has 0 aliphatic rings. The maximum atomic E-state index is 11.1. The Morgan fingerprint density at radius 2 is 2.00 bits per heavy atom. The molecule has 1 amide bonds. The van der Waals surface area contributed by atoms with Gasteiger partial charge in [-0.1, -0.05) is 0 Å². The van der Waals surface area contributed by atoms with E-state index >= 15 is 0 Å². The highest BCUT2D eigenvalue weighted by atomic mass is 16.5. The van der Waals surface area contributed by atoms with Gasteiger partial charge in [-0.25, -0.2) is 0 Å². The smallest absolute Gasteiger partial charge is 0.315 e. The van der Waals surface area contributed by atoms with Crippen molar-refractivity contribution in [3.8, 4) is 0 Å². The number of aliphatic carboxylic acids is 1. The van der Waals surface area contributed by atoms with Crippen molar-refractivity contribution in [2.45, 2.75) is 20.3 Å². The van der Waals surface area contributed by atoms with E-state index in [1.54, 1.807) is 6.92 Å². The van der Waals surface area contributed by atoms with Crippen LogP contribution in [0.5, 0.6) is 0 Å². The zero-order valence-corrected chi connectivity index (χ0v) is 8.78. The summed E-state index contributed by atoms with van der Waals surface area (Å²) in [7, 11) is 0. The van der Waals surface area contributed by atoms with Gasteiger partial charge in [0.15, 0.2) is 0 Å². The first-order valence-electron chi connectivity index (χ1n) is 4.65. The maximum Gasteiger partial charge on any atom is 0.315 e. The number of esters is 1. The molecule has 0 radical (unpaired) electrons. The minimum absolute atomic E-state index is 0.0475. The SMILES string of the molecule is CCOC(=O)CCNC(=O)C(C)C(=O)O. The minimum Gasteiger partial charge on any atom is -0.481 e. The van der Waals surface area contributed by atoms with E-state index in [2.05, 4.69) is 10.1 Å². The summed E-state index contributed by atoms with van der Waals surface area (Å²) < 4.78 is 4.63. The average Bonchev–Trinajstić information content (AvgIpc) is 2.16. The quantitative estimate of drug-likeness (QED) is 0.474. The summed E-state index contributed by atoms with van der Waals surface area (Å²) in [5, 5.41) is 10.8. The van der Waals surface area contributed by atoms with Crippen LogP contribution in [0.4, 0.5) is 0 Å². The van der Waals surface area contributed by atoms with Crippen LogP contribution in [0.1, 0.15) is 20.3 Å². The molecular weight excluding hydrogens is 202 g/mol. The van der Waals surface area contributed by atoms with Crippen molar-refractivity contribution < 1.29 is 24.2 Å². The molecule has 86 valence electrons. The highest BCUT2D eigenvalue weighted by Crippen LogP contribution is 1.94. The van der Waals surface area contributed by atoms with E-state index in [9.17, 15) is 14.4 Å². The summed E-state index contributed by atoms with van der Waals surface area (Å²) in [6.07, 6.45) is 0.0475. The molecule has 1 unspecified atom stereocenters. The van der Waals surface area contributed by atoms with Gasteiger partial charge in [-0.2, -0.15) is 0 Å². The van der Waals surface area contributed by atoms with Gasteiger partial charge >= 0.3 is 11.9 Å². The molecular formula is C9H15NO5. The zero-order valence-electron chi connectivity index (χ0n) is 8.78.